The third-order valence-corrected chi connectivity index (χ3v) is 4.00. The Bertz CT molecular complexity index is 440. The smallest absolute Gasteiger partial charge is 0.240 e. The van der Waals surface area contributed by atoms with Crippen LogP contribution >= 0.6 is 0 Å². The molecule has 0 unspecified atom stereocenters. The van der Waals surface area contributed by atoms with Crippen molar-refractivity contribution in [2.75, 3.05) is 13.2 Å². The van der Waals surface area contributed by atoms with Crippen molar-refractivity contribution in [1.82, 2.24) is 4.72 Å². The van der Waals surface area contributed by atoms with Crippen molar-refractivity contribution < 1.29 is 13.5 Å². The van der Waals surface area contributed by atoms with E-state index in [2.05, 4.69) is 4.72 Å². The number of aliphatic hydroxyl groups excluding tert-OH is 1. The predicted octanol–water partition coefficient (Wildman–Crippen LogP) is 1.37. The van der Waals surface area contributed by atoms with Crippen LogP contribution < -0.4 is 4.72 Å². The SMILES string of the molecule is CC(C)(CCO)CNS(=O)(=O)c1ccccc1. The summed E-state index contributed by atoms with van der Waals surface area (Å²) >= 11 is 0. The van der Waals surface area contributed by atoms with Gasteiger partial charge in [0.15, 0.2) is 0 Å². The Balaban J connectivity index is 2.69. The number of hydrogen-bond donors (Lipinski definition) is 2. The fourth-order valence-electron chi connectivity index (χ4n) is 1.36. The highest BCUT2D eigenvalue weighted by molar-refractivity contribution is 7.89. The van der Waals surface area contributed by atoms with Crippen LogP contribution in [0.3, 0.4) is 0 Å². The van der Waals surface area contributed by atoms with Crippen LogP contribution in [0.15, 0.2) is 35.2 Å². The second kappa shape index (κ2) is 5.62. The normalized spacial score (nSPS) is 12.6. The van der Waals surface area contributed by atoms with Crippen LogP contribution in [0.5, 0.6) is 0 Å². The van der Waals surface area contributed by atoms with Gasteiger partial charge in [-0.25, -0.2) is 13.1 Å². The van der Waals surface area contributed by atoms with Gasteiger partial charge >= 0.3 is 0 Å². The van der Waals surface area contributed by atoms with Crippen LogP contribution in [0.4, 0.5) is 0 Å². The largest absolute Gasteiger partial charge is 0.396 e. The second-order valence-electron chi connectivity index (χ2n) is 4.78. The van der Waals surface area contributed by atoms with Gasteiger partial charge in [-0.1, -0.05) is 32.0 Å². The van der Waals surface area contributed by atoms with E-state index in [1.54, 1.807) is 30.3 Å². The quantitative estimate of drug-likeness (QED) is 0.809. The monoisotopic (exact) mass is 257 g/mol. The first-order valence-electron chi connectivity index (χ1n) is 5.53. The minimum Gasteiger partial charge on any atom is -0.396 e. The molecule has 0 spiro atoms. The summed E-state index contributed by atoms with van der Waals surface area (Å²) < 4.78 is 26.4. The number of aliphatic hydroxyl groups is 1. The molecular formula is C12H19NO3S. The number of benzene rings is 1. The zero-order chi connectivity index (χ0) is 12.9. The molecule has 0 saturated carbocycles. The molecule has 0 aromatic heterocycles. The molecule has 5 heteroatoms. The van der Waals surface area contributed by atoms with Gasteiger partial charge in [0.25, 0.3) is 0 Å². The summed E-state index contributed by atoms with van der Waals surface area (Å²) in [6, 6.07) is 8.26. The summed E-state index contributed by atoms with van der Waals surface area (Å²) in [4.78, 5) is 0.264. The van der Waals surface area contributed by atoms with Crippen molar-refractivity contribution in [1.29, 1.82) is 0 Å². The lowest BCUT2D eigenvalue weighted by Gasteiger charge is -2.23. The molecular weight excluding hydrogens is 238 g/mol. The van der Waals surface area contributed by atoms with Crippen LogP contribution in [0.25, 0.3) is 0 Å². The van der Waals surface area contributed by atoms with Gasteiger partial charge in [0.2, 0.25) is 10.0 Å². The molecule has 1 aromatic rings. The van der Waals surface area contributed by atoms with Crippen molar-refractivity contribution in [3.05, 3.63) is 30.3 Å². The highest BCUT2D eigenvalue weighted by Crippen LogP contribution is 2.19. The minimum atomic E-state index is -3.44. The van der Waals surface area contributed by atoms with Crippen LogP contribution in [0, 0.1) is 5.41 Å². The fraction of sp³-hybridized carbons (Fsp3) is 0.500. The van der Waals surface area contributed by atoms with Gasteiger partial charge < -0.3 is 5.11 Å². The molecule has 0 aliphatic carbocycles. The maximum atomic E-state index is 11.9. The van der Waals surface area contributed by atoms with Crippen LogP contribution in [0.2, 0.25) is 0 Å². The Morgan fingerprint density at radius 2 is 1.82 bits per heavy atom. The molecule has 0 radical (unpaired) electrons. The minimum absolute atomic E-state index is 0.0556. The summed E-state index contributed by atoms with van der Waals surface area (Å²) in [6.45, 7) is 4.19. The van der Waals surface area contributed by atoms with Gasteiger partial charge in [0.1, 0.15) is 0 Å². The third-order valence-electron chi connectivity index (χ3n) is 2.58. The first-order chi connectivity index (χ1) is 7.87. The first-order valence-corrected chi connectivity index (χ1v) is 7.01. The van der Waals surface area contributed by atoms with E-state index in [4.69, 9.17) is 5.11 Å². The van der Waals surface area contributed by atoms with Crippen molar-refractivity contribution in [3.8, 4) is 0 Å². The number of hydrogen-bond acceptors (Lipinski definition) is 3. The lowest BCUT2D eigenvalue weighted by Crippen LogP contribution is -2.34. The summed E-state index contributed by atoms with van der Waals surface area (Å²) in [5, 5.41) is 8.87. The molecule has 0 aliphatic rings. The van der Waals surface area contributed by atoms with Gasteiger partial charge in [-0.15, -0.1) is 0 Å². The fourth-order valence-corrected chi connectivity index (χ4v) is 2.63. The molecule has 4 nitrogen and oxygen atoms in total. The summed E-state index contributed by atoms with van der Waals surface area (Å²) in [6.07, 6.45) is 0.560. The van der Waals surface area contributed by atoms with E-state index < -0.39 is 10.0 Å². The van der Waals surface area contributed by atoms with E-state index in [1.165, 1.54) is 0 Å². The van der Waals surface area contributed by atoms with Gasteiger partial charge in [0.05, 0.1) is 4.90 Å². The molecule has 17 heavy (non-hydrogen) atoms. The van der Waals surface area contributed by atoms with Crippen molar-refractivity contribution in [2.24, 2.45) is 5.41 Å². The van der Waals surface area contributed by atoms with Crippen molar-refractivity contribution in [2.45, 2.75) is 25.2 Å². The van der Waals surface area contributed by atoms with E-state index in [0.717, 1.165) is 0 Å². The van der Waals surface area contributed by atoms with E-state index in [1.807, 2.05) is 13.8 Å². The highest BCUT2D eigenvalue weighted by atomic mass is 32.2. The van der Waals surface area contributed by atoms with E-state index in [9.17, 15) is 8.42 Å². The average Bonchev–Trinajstić information content (AvgIpc) is 2.28. The van der Waals surface area contributed by atoms with Crippen LogP contribution in [0.1, 0.15) is 20.3 Å². The van der Waals surface area contributed by atoms with Gasteiger partial charge in [-0.3, -0.25) is 0 Å². The number of rotatable bonds is 6. The second-order valence-corrected chi connectivity index (χ2v) is 6.54. The molecule has 96 valence electrons. The van der Waals surface area contributed by atoms with E-state index in [-0.39, 0.29) is 16.9 Å². The summed E-state index contributed by atoms with van der Waals surface area (Å²) in [5.74, 6) is 0. The molecule has 0 amide bonds. The lowest BCUT2D eigenvalue weighted by molar-refractivity contribution is 0.213. The average molecular weight is 257 g/mol. The number of nitrogens with one attached hydrogen (secondary N) is 1. The van der Waals surface area contributed by atoms with Gasteiger partial charge in [-0.2, -0.15) is 0 Å². The Morgan fingerprint density at radius 1 is 1.24 bits per heavy atom. The van der Waals surface area contributed by atoms with Gasteiger partial charge in [-0.05, 0) is 24.0 Å². The molecule has 0 aliphatic heterocycles. The molecule has 1 rings (SSSR count). The van der Waals surface area contributed by atoms with Crippen LogP contribution in [-0.4, -0.2) is 26.7 Å². The Hall–Kier alpha value is -0.910. The summed E-state index contributed by atoms with van der Waals surface area (Å²) in [5.41, 5.74) is -0.253. The first kappa shape index (κ1) is 14.2. The molecule has 0 atom stereocenters. The van der Waals surface area contributed by atoms with Gasteiger partial charge in [0, 0.05) is 13.2 Å². The van der Waals surface area contributed by atoms with Crippen molar-refractivity contribution in [3.63, 3.8) is 0 Å². The zero-order valence-electron chi connectivity index (χ0n) is 10.2. The molecule has 0 saturated heterocycles. The summed E-state index contributed by atoms with van der Waals surface area (Å²) in [7, 11) is -3.44. The molecule has 2 N–H and O–H groups in total. The Kier molecular flexibility index (Phi) is 4.68. The number of sulfonamides is 1. The highest BCUT2D eigenvalue weighted by Gasteiger charge is 2.21. The third kappa shape index (κ3) is 4.46. The van der Waals surface area contributed by atoms with E-state index in [0.29, 0.717) is 13.0 Å². The Morgan fingerprint density at radius 3 is 2.35 bits per heavy atom. The molecule has 0 bridgehead atoms. The topological polar surface area (TPSA) is 66.4 Å². The maximum absolute atomic E-state index is 11.9. The maximum Gasteiger partial charge on any atom is 0.240 e. The molecule has 0 heterocycles. The molecule has 1 aromatic carbocycles. The lowest BCUT2D eigenvalue weighted by atomic mass is 9.90. The predicted molar refractivity (Wildman–Crippen MR) is 67.1 cm³/mol. The van der Waals surface area contributed by atoms with Crippen LogP contribution in [-0.2, 0) is 10.0 Å². The van der Waals surface area contributed by atoms with E-state index >= 15 is 0 Å². The molecule has 0 fully saturated rings. The zero-order valence-corrected chi connectivity index (χ0v) is 11.0. The Labute approximate surface area is 103 Å². The van der Waals surface area contributed by atoms with Crippen molar-refractivity contribution >= 4 is 10.0 Å². The standard InChI is InChI=1S/C12H19NO3S/c1-12(2,8-9-14)10-13-17(15,16)11-6-4-3-5-7-11/h3-7,13-14H,8-10H2,1-2H3.